The number of ether oxygens (including phenoxy) is 2. The molecule has 0 radical (unpaired) electrons. The average molecular weight is 307 g/mol. The largest absolute Gasteiger partial charge is 0.379 e. The number of hydrogen-bond acceptors (Lipinski definition) is 4. The maximum Gasteiger partial charge on any atom is 0.139 e. The predicted molar refractivity (Wildman–Crippen MR) is 85.0 cm³/mol. The van der Waals surface area contributed by atoms with Gasteiger partial charge >= 0.3 is 0 Å². The molecule has 0 spiro atoms. The number of nitrogens with one attached hydrogen (secondary N) is 1. The van der Waals surface area contributed by atoms with Gasteiger partial charge in [0.25, 0.3) is 0 Å². The van der Waals surface area contributed by atoms with Gasteiger partial charge in [0, 0.05) is 18.0 Å². The molecule has 1 aromatic carbocycles. The van der Waals surface area contributed by atoms with Gasteiger partial charge in [-0.25, -0.2) is 4.98 Å². The van der Waals surface area contributed by atoms with E-state index in [2.05, 4.69) is 17.2 Å². The van der Waals surface area contributed by atoms with E-state index in [9.17, 15) is 0 Å². The Morgan fingerprint density at radius 2 is 2.33 bits per heavy atom. The fourth-order valence-electron chi connectivity index (χ4n) is 2.45. The lowest BCUT2D eigenvalue weighted by Gasteiger charge is -2.18. The highest BCUT2D eigenvalue weighted by molar-refractivity contribution is 6.34. The summed E-state index contributed by atoms with van der Waals surface area (Å²) in [6, 6.07) is 10.1. The number of pyridine rings is 1. The van der Waals surface area contributed by atoms with Crippen LogP contribution in [0.25, 0.3) is 10.8 Å². The highest BCUT2D eigenvalue weighted by Crippen LogP contribution is 2.24. The minimum absolute atomic E-state index is 0.162. The Balaban J connectivity index is 1.63. The molecule has 112 valence electrons. The zero-order chi connectivity index (χ0) is 14.7. The topological polar surface area (TPSA) is 43.4 Å². The van der Waals surface area contributed by atoms with Gasteiger partial charge in [-0.1, -0.05) is 35.9 Å². The van der Waals surface area contributed by atoms with Crippen LogP contribution in [0.15, 0.2) is 30.3 Å². The highest BCUT2D eigenvalue weighted by Gasteiger charge is 2.17. The molecule has 0 saturated carbocycles. The normalized spacial score (nSPS) is 19.8. The third-order valence-corrected chi connectivity index (χ3v) is 3.85. The molecule has 1 fully saturated rings. The highest BCUT2D eigenvalue weighted by atomic mass is 35.5. The summed E-state index contributed by atoms with van der Waals surface area (Å²) >= 11 is 6.23. The van der Waals surface area contributed by atoms with Crippen molar-refractivity contribution in [2.45, 2.75) is 25.5 Å². The van der Waals surface area contributed by atoms with Crippen LogP contribution in [0.4, 0.5) is 5.82 Å². The van der Waals surface area contributed by atoms with Crippen LogP contribution in [0.3, 0.4) is 0 Å². The number of nitrogens with zero attached hydrogens (tertiary/aromatic N) is 1. The van der Waals surface area contributed by atoms with Crippen LogP contribution in [0, 0.1) is 0 Å². The van der Waals surface area contributed by atoms with Gasteiger partial charge in [-0.15, -0.1) is 0 Å². The summed E-state index contributed by atoms with van der Waals surface area (Å²) in [6.45, 7) is 4.20. The molecule has 3 rings (SSSR count). The summed E-state index contributed by atoms with van der Waals surface area (Å²) in [6.07, 6.45) is 1.20. The molecule has 1 aromatic heterocycles. The summed E-state index contributed by atoms with van der Waals surface area (Å²) in [5, 5.41) is 5.91. The third-order valence-electron chi connectivity index (χ3n) is 3.56. The van der Waals surface area contributed by atoms with Gasteiger partial charge in [-0.2, -0.15) is 0 Å². The Morgan fingerprint density at radius 3 is 3.14 bits per heavy atom. The first-order valence-corrected chi connectivity index (χ1v) is 7.61. The van der Waals surface area contributed by atoms with Crippen molar-refractivity contribution < 1.29 is 9.47 Å². The number of fused-ring (bicyclic) bond motifs is 1. The zero-order valence-corrected chi connectivity index (χ0v) is 12.8. The summed E-state index contributed by atoms with van der Waals surface area (Å²) < 4.78 is 11.1. The molecule has 1 saturated heterocycles. The molecule has 0 amide bonds. The Bertz CT molecular complexity index is 614. The van der Waals surface area contributed by atoms with Crippen LogP contribution in [0.1, 0.15) is 13.3 Å². The van der Waals surface area contributed by atoms with Crippen molar-refractivity contribution in [1.82, 2.24) is 4.98 Å². The molecule has 2 aromatic rings. The molecule has 2 heterocycles. The number of hydrogen-bond donors (Lipinski definition) is 1. The summed E-state index contributed by atoms with van der Waals surface area (Å²) in [4.78, 5) is 4.40. The van der Waals surface area contributed by atoms with Crippen molar-refractivity contribution in [3.8, 4) is 0 Å². The van der Waals surface area contributed by atoms with Crippen LogP contribution in [0.2, 0.25) is 5.15 Å². The van der Waals surface area contributed by atoms with E-state index in [1.54, 1.807) is 0 Å². The van der Waals surface area contributed by atoms with E-state index in [-0.39, 0.29) is 12.1 Å². The van der Waals surface area contributed by atoms with E-state index in [1.807, 2.05) is 30.3 Å². The smallest absolute Gasteiger partial charge is 0.139 e. The summed E-state index contributed by atoms with van der Waals surface area (Å²) in [5.74, 6) is 0.775. The van der Waals surface area contributed by atoms with Gasteiger partial charge in [-0.05, 0) is 24.8 Å². The van der Waals surface area contributed by atoms with E-state index in [4.69, 9.17) is 21.1 Å². The molecule has 21 heavy (non-hydrogen) atoms. The molecule has 5 heteroatoms. The number of halogens is 1. The summed E-state index contributed by atoms with van der Waals surface area (Å²) in [7, 11) is 0. The number of anilines is 1. The molecule has 1 aliphatic rings. The minimum atomic E-state index is 0.162. The maximum absolute atomic E-state index is 6.23. The van der Waals surface area contributed by atoms with Crippen LogP contribution in [-0.2, 0) is 9.47 Å². The average Bonchev–Trinajstić information content (AvgIpc) is 2.98. The minimum Gasteiger partial charge on any atom is -0.379 e. The van der Waals surface area contributed by atoms with E-state index in [0.29, 0.717) is 18.4 Å². The quantitative estimate of drug-likeness (QED) is 0.859. The Labute approximate surface area is 129 Å². The first kappa shape index (κ1) is 14.6. The number of benzene rings is 1. The molecule has 1 aliphatic heterocycles. The molecule has 2 unspecified atom stereocenters. The zero-order valence-electron chi connectivity index (χ0n) is 12.0. The number of aromatic nitrogens is 1. The van der Waals surface area contributed by atoms with Crippen molar-refractivity contribution in [3.05, 3.63) is 35.5 Å². The lowest BCUT2D eigenvalue weighted by Crippen LogP contribution is -2.26. The van der Waals surface area contributed by atoms with Gasteiger partial charge in [-0.3, -0.25) is 0 Å². The lowest BCUT2D eigenvalue weighted by atomic mass is 10.2. The van der Waals surface area contributed by atoms with E-state index in [0.717, 1.165) is 29.6 Å². The summed E-state index contributed by atoms with van der Waals surface area (Å²) in [5.41, 5.74) is 0. The molecule has 1 N–H and O–H groups in total. The van der Waals surface area contributed by atoms with Crippen molar-refractivity contribution in [3.63, 3.8) is 0 Å². The number of rotatable bonds is 5. The third kappa shape index (κ3) is 3.64. The van der Waals surface area contributed by atoms with Crippen molar-refractivity contribution in [2.24, 2.45) is 0 Å². The molecular weight excluding hydrogens is 288 g/mol. The molecule has 0 bridgehead atoms. The van der Waals surface area contributed by atoms with Gasteiger partial charge in [0.1, 0.15) is 11.0 Å². The SMILES string of the molecule is CC(COC1CCOC1)Nc1cc2ccccc2c(Cl)n1. The van der Waals surface area contributed by atoms with Crippen LogP contribution in [0.5, 0.6) is 0 Å². The second kappa shape index (κ2) is 6.60. The Kier molecular flexibility index (Phi) is 4.58. The second-order valence-corrected chi connectivity index (χ2v) is 5.74. The van der Waals surface area contributed by atoms with E-state index < -0.39 is 0 Å². The standard InChI is InChI=1S/C16H19ClN2O2/c1-11(9-21-13-6-7-20-10-13)18-15-8-12-4-2-3-5-14(12)16(17)19-15/h2-5,8,11,13H,6-7,9-10H2,1H3,(H,18,19). The fraction of sp³-hybridized carbons (Fsp3) is 0.438. The molecule has 0 aliphatic carbocycles. The van der Waals surface area contributed by atoms with Crippen molar-refractivity contribution >= 4 is 28.2 Å². The van der Waals surface area contributed by atoms with Gasteiger partial charge in [0.05, 0.1) is 19.3 Å². The lowest BCUT2D eigenvalue weighted by molar-refractivity contribution is 0.0395. The predicted octanol–water partition coefficient (Wildman–Crippen LogP) is 3.49. The van der Waals surface area contributed by atoms with Crippen LogP contribution < -0.4 is 5.32 Å². The molecular formula is C16H19ClN2O2. The molecule has 2 atom stereocenters. The molecule has 4 nitrogen and oxygen atoms in total. The maximum atomic E-state index is 6.23. The van der Waals surface area contributed by atoms with Gasteiger partial charge < -0.3 is 14.8 Å². The fourth-order valence-corrected chi connectivity index (χ4v) is 2.71. The van der Waals surface area contributed by atoms with Crippen molar-refractivity contribution in [1.29, 1.82) is 0 Å². The first-order chi connectivity index (χ1) is 10.2. The second-order valence-electron chi connectivity index (χ2n) is 5.38. The van der Waals surface area contributed by atoms with E-state index in [1.165, 1.54) is 0 Å². The van der Waals surface area contributed by atoms with Crippen molar-refractivity contribution in [2.75, 3.05) is 25.1 Å². The van der Waals surface area contributed by atoms with Gasteiger partial charge in [0.15, 0.2) is 0 Å². The van der Waals surface area contributed by atoms with Crippen LogP contribution in [-0.4, -0.2) is 37.0 Å². The first-order valence-electron chi connectivity index (χ1n) is 7.23. The van der Waals surface area contributed by atoms with E-state index >= 15 is 0 Å². The Morgan fingerprint density at radius 1 is 1.48 bits per heavy atom. The van der Waals surface area contributed by atoms with Crippen LogP contribution >= 0.6 is 11.6 Å². The monoisotopic (exact) mass is 306 g/mol. The Hall–Kier alpha value is -1.36. The van der Waals surface area contributed by atoms with Gasteiger partial charge in [0.2, 0.25) is 0 Å².